The molecule has 0 aliphatic heterocycles. The van der Waals surface area contributed by atoms with Crippen molar-refractivity contribution in [3.8, 4) is 17.1 Å². The fraction of sp³-hybridized carbons (Fsp3) is 0.0800. The number of nitrogens with zero attached hydrogens (tertiary/aromatic N) is 2. The van der Waals surface area contributed by atoms with Gasteiger partial charge in [-0.25, -0.2) is 4.79 Å². The van der Waals surface area contributed by atoms with Gasteiger partial charge >= 0.3 is 5.76 Å². The Morgan fingerprint density at radius 3 is 2.71 bits per heavy atom. The summed E-state index contributed by atoms with van der Waals surface area (Å²) in [5.74, 6) is -0.0420. The number of benzene rings is 3. The zero-order valence-electron chi connectivity index (χ0n) is 18.0. The number of hydrogen-bond acceptors (Lipinski definition) is 5. The summed E-state index contributed by atoms with van der Waals surface area (Å²) in [5.41, 5.74) is 3.41. The second-order valence-corrected chi connectivity index (χ2v) is 8.59. The summed E-state index contributed by atoms with van der Waals surface area (Å²) in [7, 11) is 1.83. The summed E-state index contributed by atoms with van der Waals surface area (Å²) in [6.45, 7) is 0.459. The van der Waals surface area contributed by atoms with Gasteiger partial charge in [-0.15, -0.1) is 0 Å². The number of halogens is 1. The van der Waals surface area contributed by atoms with Gasteiger partial charge < -0.3 is 14.6 Å². The number of fused-ring (bicyclic) bond motifs is 1. The van der Waals surface area contributed by atoms with Gasteiger partial charge in [0.1, 0.15) is 18.1 Å². The molecule has 2 heterocycles. The van der Waals surface area contributed by atoms with Crippen molar-refractivity contribution < 1.29 is 14.1 Å². The fourth-order valence-corrected chi connectivity index (χ4v) is 4.07. The molecule has 0 aliphatic carbocycles. The van der Waals surface area contributed by atoms with Crippen molar-refractivity contribution in [3.05, 3.63) is 99.1 Å². The SMILES string of the molecule is Cn1c(C(=O)Nc2ccc(Br)cc2-c2noc(=O)[nH]2)cc2ccc(OCc3ccccc3)cc21. The zero-order chi connectivity index (χ0) is 23.7. The quantitative estimate of drug-likeness (QED) is 0.325. The molecule has 0 fully saturated rings. The van der Waals surface area contributed by atoms with Gasteiger partial charge in [0.25, 0.3) is 5.91 Å². The van der Waals surface area contributed by atoms with Crippen LogP contribution in [0.3, 0.4) is 0 Å². The maximum absolute atomic E-state index is 13.2. The lowest BCUT2D eigenvalue weighted by Gasteiger charge is -2.11. The highest BCUT2D eigenvalue weighted by molar-refractivity contribution is 9.10. The summed E-state index contributed by atoms with van der Waals surface area (Å²) in [6, 6.07) is 22.7. The van der Waals surface area contributed by atoms with E-state index in [1.54, 1.807) is 18.2 Å². The van der Waals surface area contributed by atoms with Crippen LogP contribution in [-0.2, 0) is 13.7 Å². The first-order chi connectivity index (χ1) is 16.5. The number of nitrogens with one attached hydrogen (secondary N) is 2. The van der Waals surface area contributed by atoms with Crippen molar-refractivity contribution in [1.82, 2.24) is 14.7 Å². The van der Waals surface area contributed by atoms with Crippen molar-refractivity contribution in [3.63, 3.8) is 0 Å². The molecule has 0 atom stereocenters. The second-order valence-electron chi connectivity index (χ2n) is 7.67. The van der Waals surface area contributed by atoms with Crippen LogP contribution in [0.5, 0.6) is 5.75 Å². The standard InChI is InChI=1S/C25H19BrN4O4/c1-30-21-13-18(33-14-15-5-3-2-4-6-15)9-7-16(21)11-22(30)24(31)27-20-10-8-17(26)12-19(20)23-28-25(32)34-29-23/h2-13H,14H2,1H3,(H,27,31)(H,28,29,32). The molecule has 0 bridgehead atoms. The van der Waals surface area contributed by atoms with E-state index in [1.165, 1.54) is 0 Å². The molecule has 0 unspecified atom stereocenters. The number of ether oxygens (including phenoxy) is 1. The average Bonchev–Trinajstić information content (AvgIpc) is 3.42. The summed E-state index contributed by atoms with van der Waals surface area (Å²) < 4.78 is 13.1. The Morgan fingerprint density at radius 2 is 1.94 bits per heavy atom. The lowest BCUT2D eigenvalue weighted by Crippen LogP contribution is -2.16. The molecule has 2 N–H and O–H groups in total. The van der Waals surface area contributed by atoms with E-state index >= 15 is 0 Å². The maximum atomic E-state index is 13.2. The first-order valence-electron chi connectivity index (χ1n) is 10.4. The summed E-state index contributed by atoms with van der Waals surface area (Å²) in [4.78, 5) is 27.1. The van der Waals surface area contributed by atoms with Gasteiger partial charge in [-0.05, 0) is 42.0 Å². The number of amides is 1. The second kappa shape index (κ2) is 9.03. The van der Waals surface area contributed by atoms with Crippen molar-refractivity contribution in [2.75, 3.05) is 5.32 Å². The number of carbonyl (C=O) groups is 1. The normalized spacial score (nSPS) is 11.0. The summed E-state index contributed by atoms with van der Waals surface area (Å²) in [5, 5.41) is 7.56. The number of rotatable bonds is 6. The third-order valence-corrected chi connectivity index (χ3v) is 5.92. The van der Waals surface area contributed by atoms with E-state index in [0.29, 0.717) is 23.6 Å². The van der Waals surface area contributed by atoms with Gasteiger partial charge in [0.05, 0.1) is 11.2 Å². The molecular formula is C25H19BrN4O4. The van der Waals surface area contributed by atoms with E-state index < -0.39 is 5.76 Å². The molecule has 0 aliphatic rings. The van der Waals surface area contributed by atoms with Gasteiger partial charge in [-0.3, -0.25) is 14.3 Å². The third kappa shape index (κ3) is 4.38. The maximum Gasteiger partial charge on any atom is 0.439 e. The lowest BCUT2D eigenvalue weighted by atomic mass is 10.1. The van der Waals surface area contributed by atoms with Crippen LogP contribution >= 0.6 is 15.9 Å². The Hall–Kier alpha value is -4.11. The molecule has 170 valence electrons. The molecule has 0 radical (unpaired) electrons. The number of H-pyrrole nitrogens is 1. The number of aryl methyl sites for hydroxylation is 1. The molecule has 0 saturated heterocycles. The Morgan fingerprint density at radius 1 is 1.12 bits per heavy atom. The van der Waals surface area contributed by atoms with Crippen molar-refractivity contribution in [2.45, 2.75) is 6.61 Å². The van der Waals surface area contributed by atoms with E-state index in [1.807, 2.05) is 66.2 Å². The minimum Gasteiger partial charge on any atom is -0.489 e. The highest BCUT2D eigenvalue weighted by Gasteiger charge is 2.18. The highest BCUT2D eigenvalue weighted by atomic mass is 79.9. The molecule has 2 aromatic heterocycles. The number of carbonyl (C=O) groups excluding carboxylic acids is 1. The smallest absolute Gasteiger partial charge is 0.439 e. The Balaban J connectivity index is 1.41. The number of hydrogen-bond donors (Lipinski definition) is 2. The van der Waals surface area contributed by atoms with Crippen LogP contribution in [0.2, 0.25) is 0 Å². The molecule has 1 amide bonds. The summed E-state index contributed by atoms with van der Waals surface area (Å²) in [6.07, 6.45) is 0. The molecule has 0 spiro atoms. The lowest BCUT2D eigenvalue weighted by molar-refractivity contribution is 0.102. The number of aromatic amines is 1. The Kier molecular flexibility index (Phi) is 5.77. The first-order valence-corrected chi connectivity index (χ1v) is 11.2. The molecule has 0 saturated carbocycles. The monoisotopic (exact) mass is 518 g/mol. The van der Waals surface area contributed by atoms with Crippen LogP contribution in [0, 0.1) is 0 Å². The third-order valence-electron chi connectivity index (χ3n) is 5.42. The van der Waals surface area contributed by atoms with Gasteiger partial charge in [-0.1, -0.05) is 51.4 Å². The highest BCUT2D eigenvalue weighted by Crippen LogP contribution is 2.30. The largest absolute Gasteiger partial charge is 0.489 e. The van der Waals surface area contributed by atoms with Gasteiger partial charge in [-0.2, -0.15) is 0 Å². The Bertz CT molecular complexity index is 1550. The van der Waals surface area contributed by atoms with E-state index in [2.05, 4.69) is 35.9 Å². The minimum atomic E-state index is -0.675. The molecular weight excluding hydrogens is 500 g/mol. The van der Waals surface area contributed by atoms with Crippen LogP contribution in [0.15, 0.2) is 86.6 Å². The van der Waals surface area contributed by atoms with Crippen LogP contribution in [0.25, 0.3) is 22.3 Å². The van der Waals surface area contributed by atoms with E-state index in [9.17, 15) is 9.59 Å². The molecule has 5 rings (SSSR count). The van der Waals surface area contributed by atoms with Crippen molar-refractivity contribution in [1.29, 1.82) is 0 Å². The topological polar surface area (TPSA) is 102 Å². The number of anilines is 1. The van der Waals surface area contributed by atoms with E-state index in [-0.39, 0.29) is 11.7 Å². The summed E-state index contributed by atoms with van der Waals surface area (Å²) >= 11 is 3.40. The van der Waals surface area contributed by atoms with E-state index in [0.717, 1.165) is 26.7 Å². The van der Waals surface area contributed by atoms with Gasteiger partial charge in [0, 0.05) is 28.5 Å². The first kappa shape index (κ1) is 21.7. The Labute approximate surface area is 202 Å². The molecule has 3 aromatic carbocycles. The van der Waals surface area contributed by atoms with Crippen LogP contribution in [0.1, 0.15) is 16.1 Å². The average molecular weight is 519 g/mol. The fourth-order valence-electron chi connectivity index (χ4n) is 3.71. The van der Waals surface area contributed by atoms with Gasteiger partial charge in [0.15, 0.2) is 5.82 Å². The minimum absolute atomic E-state index is 0.221. The van der Waals surface area contributed by atoms with Crippen molar-refractivity contribution in [2.24, 2.45) is 7.05 Å². The molecule has 5 aromatic rings. The van der Waals surface area contributed by atoms with E-state index in [4.69, 9.17) is 4.74 Å². The predicted octanol–water partition coefficient (Wildman–Crippen LogP) is 5.12. The van der Waals surface area contributed by atoms with Crippen LogP contribution in [-0.4, -0.2) is 20.6 Å². The van der Waals surface area contributed by atoms with Gasteiger partial charge in [0.2, 0.25) is 0 Å². The van der Waals surface area contributed by atoms with Crippen LogP contribution < -0.4 is 15.8 Å². The number of aromatic nitrogens is 3. The predicted molar refractivity (Wildman–Crippen MR) is 132 cm³/mol. The zero-order valence-corrected chi connectivity index (χ0v) is 19.6. The van der Waals surface area contributed by atoms with Crippen LogP contribution in [0.4, 0.5) is 5.69 Å². The molecule has 34 heavy (non-hydrogen) atoms. The molecule has 9 heteroatoms. The van der Waals surface area contributed by atoms with Crippen molar-refractivity contribution >= 4 is 38.4 Å². The molecule has 8 nitrogen and oxygen atoms in total.